The van der Waals surface area contributed by atoms with Crippen LogP contribution in [0.15, 0.2) is 12.3 Å². The van der Waals surface area contributed by atoms with Gasteiger partial charge in [-0.25, -0.2) is 4.79 Å². The standard InChI is InChI=1S/C11H18N2O2/c1-5-9(4)15-11(14)10-6-7-13(12-10)8(2)3/h6-9H,5H2,1-4H3. The average molecular weight is 210 g/mol. The van der Waals surface area contributed by atoms with Crippen molar-refractivity contribution in [2.45, 2.75) is 46.3 Å². The first-order chi connectivity index (χ1) is 7.04. The summed E-state index contributed by atoms with van der Waals surface area (Å²) in [5.74, 6) is -0.344. The Bertz CT molecular complexity index is 331. The number of nitrogens with zero attached hydrogens (tertiary/aromatic N) is 2. The lowest BCUT2D eigenvalue weighted by Crippen LogP contribution is -2.15. The van der Waals surface area contributed by atoms with Gasteiger partial charge in [-0.1, -0.05) is 6.92 Å². The Hall–Kier alpha value is -1.32. The van der Waals surface area contributed by atoms with E-state index < -0.39 is 0 Å². The van der Waals surface area contributed by atoms with E-state index in [2.05, 4.69) is 5.10 Å². The van der Waals surface area contributed by atoms with E-state index in [1.807, 2.05) is 27.7 Å². The summed E-state index contributed by atoms with van der Waals surface area (Å²) in [5.41, 5.74) is 0.379. The van der Waals surface area contributed by atoms with Crippen molar-refractivity contribution in [2.24, 2.45) is 0 Å². The average Bonchev–Trinajstić information content (AvgIpc) is 2.66. The van der Waals surface area contributed by atoms with Gasteiger partial charge in [0.15, 0.2) is 5.69 Å². The van der Waals surface area contributed by atoms with Crippen LogP contribution >= 0.6 is 0 Å². The van der Waals surface area contributed by atoms with Crippen LogP contribution in [0.2, 0.25) is 0 Å². The molecule has 84 valence electrons. The first-order valence-corrected chi connectivity index (χ1v) is 5.30. The summed E-state index contributed by atoms with van der Waals surface area (Å²) in [6.45, 7) is 7.87. The lowest BCUT2D eigenvalue weighted by atomic mass is 10.3. The molecular formula is C11H18N2O2. The Morgan fingerprint density at radius 2 is 2.20 bits per heavy atom. The van der Waals surface area contributed by atoms with Crippen molar-refractivity contribution in [2.75, 3.05) is 0 Å². The van der Waals surface area contributed by atoms with E-state index in [0.717, 1.165) is 6.42 Å². The molecule has 0 saturated heterocycles. The molecule has 1 aromatic rings. The zero-order chi connectivity index (χ0) is 11.4. The highest BCUT2D eigenvalue weighted by molar-refractivity contribution is 5.87. The Morgan fingerprint density at radius 3 is 2.67 bits per heavy atom. The third kappa shape index (κ3) is 3.08. The van der Waals surface area contributed by atoms with Crippen LogP contribution in [0, 0.1) is 0 Å². The minimum absolute atomic E-state index is 0.0540. The highest BCUT2D eigenvalue weighted by Gasteiger charge is 2.14. The van der Waals surface area contributed by atoms with Crippen LogP contribution in [-0.2, 0) is 4.74 Å². The number of esters is 1. The zero-order valence-electron chi connectivity index (χ0n) is 9.73. The van der Waals surface area contributed by atoms with Crippen molar-refractivity contribution >= 4 is 5.97 Å². The molecule has 0 N–H and O–H groups in total. The number of carbonyl (C=O) groups is 1. The first-order valence-electron chi connectivity index (χ1n) is 5.30. The van der Waals surface area contributed by atoms with Gasteiger partial charge in [0.05, 0.1) is 6.10 Å². The molecule has 1 unspecified atom stereocenters. The summed E-state index contributed by atoms with van der Waals surface area (Å²) in [5, 5.41) is 4.14. The monoisotopic (exact) mass is 210 g/mol. The highest BCUT2D eigenvalue weighted by Crippen LogP contribution is 2.07. The van der Waals surface area contributed by atoms with Crippen LogP contribution in [0.3, 0.4) is 0 Å². The van der Waals surface area contributed by atoms with E-state index in [1.165, 1.54) is 0 Å². The zero-order valence-corrected chi connectivity index (χ0v) is 9.73. The molecule has 0 aliphatic heterocycles. The van der Waals surface area contributed by atoms with Crippen molar-refractivity contribution in [3.8, 4) is 0 Å². The van der Waals surface area contributed by atoms with Gasteiger partial charge < -0.3 is 4.74 Å². The molecule has 0 saturated carbocycles. The lowest BCUT2D eigenvalue weighted by Gasteiger charge is -2.09. The molecular weight excluding hydrogens is 192 g/mol. The van der Waals surface area contributed by atoms with E-state index in [1.54, 1.807) is 16.9 Å². The Morgan fingerprint density at radius 1 is 1.53 bits per heavy atom. The molecule has 0 fully saturated rings. The van der Waals surface area contributed by atoms with Crippen LogP contribution < -0.4 is 0 Å². The molecule has 0 amide bonds. The van der Waals surface area contributed by atoms with E-state index in [4.69, 9.17) is 4.74 Å². The van der Waals surface area contributed by atoms with Crippen molar-refractivity contribution in [3.05, 3.63) is 18.0 Å². The maximum absolute atomic E-state index is 11.6. The SMILES string of the molecule is CCC(C)OC(=O)c1ccn(C(C)C)n1. The van der Waals surface area contributed by atoms with Gasteiger partial charge in [-0.15, -0.1) is 0 Å². The molecule has 0 aromatic carbocycles. The van der Waals surface area contributed by atoms with Gasteiger partial charge >= 0.3 is 5.97 Å². The Kier molecular flexibility index (Phi) is 3.88. The van der Waals surface area contributed by atoms with Gasteiger partial charge in [0.1, 0.15) is 0 Å². The molecule has 4 heteroatoms. The summed E-state index contributed by atoms with van der Waals surface area (Å²) >= 11 is 0. The van der Waals surface area contributed by atoms with Gasteiger partial charge in [0.25, 0.3) is 0 Å². The highest BCUT2D eigenvalue weighted by atomic mass is 16.5. The lowest BCUT2D eigenvalue weighted by molar-refractivity contribution is 0.0326. The molecule has 15 heavy (non-hydrogen) atoms. The maximum Gasteiger partial charge on any atom is 0.359 e. The summed E-state index contributed by atoms with van der Waals surface area (Å²) in [7, 11) is 0. The Balaban J connectivity index is 2.66. The van der Waals surface area contributed by atoms with Crippen molar-refractivity contribution < 1.29 is 9.53 Å². The summed E-state index contributed by atoms with van der Waals surface area (Å²) in [6, 6.07) is 1.94. The molecule has 1 rings (SSSR count). The molecule has 1 aromatic heterocycles. The second kappa shape index (κ2) is 4.96. The van der Waals surface area contributed by atoms with Crippen molar-refractivity contribution in [1.82, 2.24) is 9.78 Å². The largest absolute Gasteiger partial charge is 0.458 e. The number of hydrogen-bond donors (Lipinski definition) is 0. The van der Waals surface area contributed by atoms with Gasteiger partial charge in [-0.2, -0.15) is 5.10 Å². The van der Waals surface area contributed by atoms with Gasteiger partial charge in [0.2, 0.25) is 0 Å². The van der Waals surface area contributed by atoms with Crippen LogP contribution in [0.1, 0.15) is 50.6 Å². The fourth-order valence-corrected chi connectivity index (χ4v) is 1.06. The predicted molar refractivity (Wildman–Crippen MR) is 57.8 cm³/mol. The van der Waals surface area contributed by atoms with Crippen molar-refractivity contribution in [1.29, 1.82) is 0 Å². The molecule has 1 heterocycles. The summed E-state index contributed by atoms with van der Waals surface area (Å²) in [4.78, 5) is 11.6. The van der Waals surface area contributed by atoms with Crippen LogP contribution in [0.25, 0.3) is 0 Å². The van der Waals surface area contributed by atoms with Gasteiger partial charge in [0, 0.05) is 12.2 Å². The minimum Gasteiger partial charge on any atom is -0.458 e. The third-order valence-corrected chi connectivity index (χ3v) is 2.23. The van der Waals surface area contributed by atoms with E-state index >= 15 is 0 Å². The summed E-state index contributed by atoms with van der Waals surface area (Å²) < 4.78 is 6.91. The second-order valence-corrected chi connectivity index (χ2v) is 3.90. The smallest absolute Gasteiger partial charge is 0.359 e. The van der Waals surface area contributed by atoms with Crippen LogP contribution in [0.5, 0.6) is 0 Å². The minimum atomic E-state index is -0.344. The van der Waals surface area contributed by atoms with E-state index in [-0.39, 0.29) is 18.1 Å². The second-order valence-electron chi connectivity index (χ2n) is 3.90. The van der Waals surface area contributed by atoms with Crippen LogP contribution in [0.4, 0.5) is 0 Å². The Labute approximate surface area is 90.2 Å². The number of hydrogen-bond acceptors (Lipinski definition) is 3. The number of ether oxygens (including phenoxy) is 1. The van der Waals surface area contributed by atoms with Crippen molar-refractivity contribution in [3.63, 3.8) is 0 Å². The van der Waals surface area contributed by atoms with Crippen LogP contribution in [-0.4, -0.2) is 21.9 Å². The molecule has 0 spiro atoms. The molecule has 0 aliphatic rings. The topological polar surface area (TPSA) is 44.1 Å². The fourth-order valence-electron chi connectivity index (χ4n) is 1.06. The summed E-state index contributed by atoms with van der Waals surface area (Å²) in [6.07, 6.45) is 2.55. The molecule has 4 nitrogen and oxygen atoms in total. The van der Waals surface area contributed by atoms with Gasteiger partial charge in [-0.3, -0.25) is 4.68 Å². The molecule has 0 aliphatic carbocycles. The number of carbonyl (C=O) groups excluding carboxylic acids is 1. The molecule has 1 atom stereocenters. The molecule has 0 radical (unpaired) electrons. The number of aromatic nitrogens is 2. The van der Waals surface area contributed by atoms with Gasteiger partial charge in [-0.05, 0) is 33.3 Å². The quantitative estimate of drug-likeness (QED) is 0.717. The fraction of sp³-hybridized carbons (Fsp3) is 0.636. The third-order valence-electron chi connectivity index (χ3n) is 2.23. The normalized spacial score (nSPS) is 12.9. The van der Waals surface area contributed by atoms with E-state index in [0.29, 0.717) is 5.69 Å². The maximum atomic E-state index is 11.6. The predicted octanol–water partition coefficient (Wildman–Crippen LogP) is 2.42. The molecule has 0 bridgehead atoms. The van der Waals surface area contributed by atoms with E-state index in [9.17, 15) is 4.79 Å². The first kappa shape index (κ1) is 11.8. The number of rotatable bonds is 4.